The van der Waals surface area contributed by atoms with Gasteiger partial charge >= 0.3 is 0 Å². The molecule has 1 aromatic heterocycles. The summed E-state index contributed by atoms with van der Waals surface area (Å²) in [6, 6.07) is 17.9. The van der Waals surface area contributed by atoms with Crippen LogP contribution in [0.5, 0.6) is 0 Å². The molecule has 0 spiro atoms. The second-order valence-electron chi connectivity index (χ2n) is 7.29. The molecule has 0 N–H and O–H groups in total. The molecular weight excluding hydrogens is 410 g/mol. The van der Waals surface area contributed by atoms with Crippen molar-refractivity contribution in [1.29, 1.82) is 0 Å². The van der Waals surface area contributed by atoms with Crippen LogP contribution in [-0.4, -0.2) is 54.7 Å². The van der Waals surface area contributed by atoms with Gasteiger partial charge in [-0.3, -0.25) is 9.78 Å². The molecule has 0 unspecified atom stereocenters. The van der Waals surface area contributed by atoms with E-state index < -0.39 is 10.0 Å². The van der Waals surface area contributed by atoms with Gasteiger partial charge in [-0.05, 0) is 47.0 Å². The van der Waals surface area contributed by atoms with Crippen molar-refractivity contribution in [2.24, 2.45) is 0 Å². The Hall–Kier alpha value is -3.29. The molecular formula is C24H23N3O3S. The second-order valence-corrected chi connectivity index (χ2v) is 9.23. The van der Waals surface area contributed by atoms with Crippen LogP contribution in [0.1, 0.15) is 15.9 Å². The zero-order valence-corrected chi connectivity index (χ0v) is 17.8. The van der Waals surface area contributed by atoms with Gasteiger partial charge in [0, 0.05) is 44.1 Å². The lowest BCUT2D eigenvalue weighted by Crippen LogP contribution is -2.50. The van der Waals surface area contributed by atoms with Crippen LogP contribution in [0, 0.1) is 0 Å². The van der Waals surface area contributed by atoms with Crippen molar-refractivity contribution in [3.05, 3.63) is 90.8 Å². The van der Waals surface area contributed by atoms with E-state index in [9.17, 15) is 13.2 Å². The molecule has 0 aliphatic carbocycles. The summed E-state index contributed by atoms with van der Waals surface area (Å²) in [7, 11) is -3.58. The number of piperazine rings is 1. The Balaban J connectivity index is 1.41. The van der Waals surface area contributed by atoms with E-state index in [1.54, 1.807) is 59.8 Å². The van der Waals surface area contributed by atoms with Gasteiger partial charge in [-0.2, -0.15) is 4.31 Å². The standard InChI is InChI=1S/C24H23N3O3S/c1-2-19-5-11-23(12-6-19)31(29,30)27-16-14-26(15-17-27)24(28)21-9-7-20(8-10-21)22-4-3-13-25-18-22/h2-13,18H,1,14-17H2. The van der Waals surface area contributed by atoms with Gasteiger partial charge in [0.25, 0.3) is 5.91 Å². The minimum absolute atomic E-state index is 0.0925. The summed E-state index contributed by atoms with van der Waals surface area (Å²) in [6.07, 6.45) is 5.17. The number of sulfonamides is 1. The quantitative estimate of drug-likeness (QED) is 0.617. The number of carbonyl (C=O) groups excluding carboxylic acids is 1. The second kappa shape index (κ2) is 8.83. The van der Waals surface area contributed by atoms with Gasteiger partial charge in [0.2, 0.25) is 10.0 Å². The predicted octanol–water partition coefficient (Wildman–Crippen LogP) is 3.54. The maximum atomic E-state index is 12.9. The molecule has 1 aliphatic heterocycles. The number of benzene rings is 2. The Kier molecular flexibility index (Phi) is 5.97. The van der Waals surface area contributed by atoms with Gasteiger partial charge in [-0.1, -0.05) is 43.0 Å². The molecule has 7 heteroatoms. The van der Waals surface area contributed by atoms with Crippen LogP contribution in [0.15, 0.2) is 84.5 Å². The first-order valence-electron chi connectivity index (χ1n) is 10.0. The molecule has 1 saturated heterocycles. The van der Waals surface area contributed by atoms with Crippen molar-refractivity contribution in [2.75, 3.05) is 26.2 Å². The van der Waals surface area contributed by atoms with Crippen LogP contribution in [0.2, 0.25) is 0 Å². The maximum absolute atomic E-state index is 12.9. The molecule has 2 heterocycles. The molecule has 0 bridgehead atoms. The first-order valence-corrected chi connectivity index (χ1v) is 11.5. The van der Waals surface area contributed by atoms with E-state index in [0.717, 1.165) is 16.7 Å². The Bertz CT molecular complexity index is 1170. The number of amides is 1. The number of pyridine rings is 1. The van der Waals surface area contributed by atoms with Gasteiger partial charge in [0.1, 0.15) is 0 Å². The number of rotatable bonds is 5. The highest BCUT2D eigenvalue weighted by Gasteiger charge is 2.30. The fourth-order valence-corrected chi connectivity index (χ4v) is 5.00. The number of nitrogens with zero attached hydrogens (tertiary/aromatic N) is 3. The summed E-state index contributed by atoms with van der Waals surface area (Å²) in [5, 5.41) is 0. The Morgan fingerprint density at radius 2 is 1.58 bits per heavy atom. The molecule has 0 saturated carbocycles. The van der Waals surface area contributed by atoms with Gasteiger partial charge in [0.05, 0.1) is 4.90 Å². The average Bonchev–Trinajstić information content (AvgIpc) is 2.84. The first kappa shape index (κ1) is 21.0. The monoisotopic (exact) mass is 433 g/mol. The molecule has 1 fully saturated rings. The lowest BCUT2D eigenvalue weighted by Gasteiger charge is -2.34. The van der Waals surface area contributed by atoms with E-state index in [1.807, 2.05) is 24.3 Å². The molecule has 31 heavy (non-hydrogen) atoms. The molecule has 1 amide bonds. The molecule has 2 aromatic carbocycles. The number of hydrogen-bond donors (Lipinski definition) is 0. The van der Waals surface area contributed by atoms with E-state index in [1.165, 1.54) is 4.31 Å². The zero-order chi connectivity index (χ0) is 21.8. The normalized spacial score (nSPS) is 14.9. The van der Waals surface area contributed by atoms with E-state index in [2.05, 4.69) is 11.6 Å². The Labute approximate surface area is 182 Å². The largest absolute Gasteiger partial charge is 0.336 e. The third kappa shape index (κ3) is 4.42. The molecule has 4 rings (SSSR count). The van der Waals surface area contributed by atoms with Gasteiger partial charge in [-0.15, -0.1) is 0 Å². The minimum atomic E-state index is -3.58. The lowest BCUT2D eigenvalue weighted by atomic mass is 10.1. The van der Waals surface area contributed by atoms with Crippen molar-refractivity contribution in [2.45, 2.75) is 4.90 Å². The number of hydrogen-bond acceptors (Lipinski definition) is 4. The first-order chi connectivity index (χ1) is 15.0. The maximum Gasteiger partial charge on any atom is 0.253 e. The predicted molar refractivity (Wildman–Crippen MR) is 121 cm³/mol. The summed E-state index contributed by atoms with van der Waals surface area (Å²) >= 11 is 0. The molecule has 0 radical (unpaired) electrons. The number of aromatic nitrogens is 1. The third-order valence-electron chi connectivity index (χ3n) is 5.41. The van der Waals surface area contributed by atoms with Gasteiger partial charge < -0.3 is 4.90 Å². The van der Waals surface area contributed by atoms with Crippen LogP contribution in [0.4, 0.5) is 0 Å². The highest BCUT2D eigenvalue weighted by molar-refractivity contribution is 7.89. The van der Waals surface area contributed by atoms with E-state index >= 15 is 0 Å². The number of carbonyl (C=O) groups is 1. The molecule has 158 valence electrons. The van der Waals surface area contributed by atoms with E-state index in [0.29, 0.717) is 18.7 Å². The van der Waals surface area contributed by atoms with Crippen LogP contribution < -0.4 is 0 Å². The van der Waals surface area contributed by atoms with Crippen molar-refractivity contribution in [3.8, 4) is 11.1 Å². The molecule has 0 atom stereocenters. The van der Waals surface area contributed by atoms with Crippen molar-refractivity contribution in [1.82, 2.24) is 14.2 Å². The van der Waals surface area contributed by atoms with Crippen molar-refractivity contribution >= 4 is 22.0 Å². The molecule has 6 nitrogen and oxygen atoms in total. The van der Waals surface area contributed by atoms with Crippen LogP contribution in [-0.2, 0) is 10.0 Å². The van der Waals surface area contributed by atoms with Gasteiger partial charge in [-0.25, -0.2) is 8.42 Å². The summed E-state index contributed by atoms with van der Waals surface area (Å²) in [6.45, 7) is 4.93. The topological polar surface area (TPSA) is 70.6 Å². The van der Waals surface area contributed by atoms with Crippen LogP contribution in [0.25, 0.3) is 17.2 Å². The summed E-state index contributed by atoms with van der Waals surface area (Å²) in [5.41, 5.74) is 3.43. The van der Waals surface area contributed by atoms with Crippen LogP contribution >= 0.6 is 0 Å². The SMILES string of the molecule is C=Cc1ccc(S(=O)(=O)N2CCN(C(=O)c3ccc(-c4cccnc4)cc3)CC2)cc1. The fourth-order valence-electron chi connectivity index (χ4n) is 3.58. The van der Waals surface area contributed by atoms with Gasteiger partial charge in [0.15, 0.2) is 0 Å². The fraction of sp³-hybridized carbons (Fsp3) is 0.167. The smallest absolute Gasteiger partial charge is 0.253 e. The third-order valence-corrected chi connectivity index (χ3v) is 7.32. The molecule has 1 aliphatic rings. The minimum Gasteiger partial charge on any atom is -0.336 e. The summed E-state index contributed by atoms with van der Waals surface area (Å²) in [5.74, 6) is -0.0925. The summed E-state index contributed by atoms with van der Waals surface area (Å²) in [4.78, 5) is 19.0. The van der Waals surface area contributed by atoms with E-state index in [4.69, 9.17) is 0 Å². The highest BCUT2D eigenvalue weighted by atomic mass is 32.2. The van der Waals surface area contributed by atoms with Crippen molar-refractivity contribution < 1.29 is 13.2 Å². The highest BCUT2D eigenvalue weighted by Crippen LogP contribution is 2.21. The summed E-state index contributed by atoms with van der Waals surface area (Å²) < 4.78 is 27.2. The Morgan fingerprint density at radius 1 is 0.903 bits per heavy atom. The average molecular weight is 434 g/mol. The zero-order valence-electron chi connectivity index (χ0n) is 17.0. The lowest BCUT2D eigenvalue weighted by molar-refractivity contribution is 0.0698. The van der Waals surface area contributed by atoms with Crippen LogP contribution in [0.3, 0.4) is 0 Å². The molecule has 3 aromatic rings. The van der Waals surface area contributed by atoms with E-state index in [-0.39, 0.29) is 23.9 Å². The Morgan fingerprint density at radius 3 is 2.16 bits per heavy atom. The van der Waals surface area contributed by atoms with Crippen molar-refractivity contribution in [3.63, 3.8) is 0 Å².